The molecule has 7 heteroatoms. The minimum absolute atomic E-state index is 0.0580. The molecule has 0 bridgehead atoms. The summed E-state index contributed by atoms with van der Waals surface area (Å²) in [6, 6.07) is 2.95. The van der Waals surface area contributed by atoms with Crippen molar-refractivity contribution in [2.24, 2.45) is 0 Å². The molecule has 0 spiro atoms. The van der Waals surface area contributed by atoms with E-state index in [-0.39, 0.29) is 15.4 Å². The Hall–Kier alpha value is -1.50. The van der Waals surface area contributed by atoms with Crippen molar-refractivity contribution >= 4 is 29.1 Å². The Morgan fingerprint density at radius 1 is 1.45 bits per heavy atom. The van der Waals surface area contributed by atoms with E-state index in [0.717, 1.165) is 6.54 Å². The molecule has 20 heavy (non-hydrogen) atoms. The van der Waals surface area contributed by atoms with Crippen molar-refractivity contribution in [3.05, 3.63) is 22.2 Å². The Morgan fingerprint density at radius 2 is 2.15 bits per heavy atom. The maximum Gasteiger partial charge on any atom is 0.276 e. The van der Waals surface area contributed by atoms with Crippen LogP contribution in [0.15, 0.2) is 12.1 Å². The van der Waals surface area contributed by atoms with Gasteiger partial charge in [0.2, 0.25) is 0 Å². The van der Waals surface area contributed by atoms with Gasteiger partial charge in [0.05, 0.1) is 17.1 Å². The summed E-state index contributed by atoms with van der Waals surface area (Å²) in [5.74, 6) is 2.28. The molecule has 110 valence electrons. The molecular formula is C13H20N4O2S. The molecule has 2 heterocycles. The number of nitrogens with one attached hydrogen (secondary N) is 2. The van der Waals surface area contributed by atoms with Crippen LogP contribution in [0.1, 0.15) is 26.7 Å². The number of pyridine rings is 1. The van der Waals surface area contributed by atoms with Crippen molar-refractivity contribution in [2.75, 3.05) is 29.5 Å². The summed E-state index contributed by atoms with van der Waals surface area (Å²) in [4.78, 5) is 14.9. The van der Waals surface area contributed by atoms with Gasteiger partial charge in [-0.05, 0) is 32.4 Å². The Balaban J connectivity index is 2.11. The van der Waals surface area contributed by atoms with Gasteiger partial charge in [-0.1, -0.05) is 0 Å². The van der Waals surface area contributed by atoms with Crippen LogP contribution in [0.3, 0.4) is 0 Å². The van der Waals surface area contributed by atoms with Gasteiger partial charge in [0.15, 0.2) is 0 Å². The van der Waals surface area contributed by atoms with Crippen molar-refractivity contribution in [1.82, 2.24) is 4.98 Å². The van der Waals surface area contributed by atoms with Gasteiger partial charge in [-0.2, -0.15) is 11.8 Å². The zero-order chi connectivity index (χ0) is 14.6. The van der Waals surface area contributed by atoms with Gasteiger partial charge >= 0.3 is 0 Å². The summed E-state index contributed by atoms with van der Waals surface area (Å²) < 4.78 is 0.199. The number of hydrogen-bond donors (Lipinski definition) is 2. The van der Waals surface area contributed by atoms with Crippen LogP contribution in [0.4, 0.5) is 17.3 Å². The molecule has 1 aliphatic rings. The third kappa shape index (κ3) is 3.75. The number of nitro groups is 1. The molecule has 0 aliphatic carbocycles. The lowest BCUT2D eigenvalue weighted by atomic mass is 10.1. The molecule has 6 nitrogen and oxygen atoms in total. The molecule has 0 aromatic carbocycles. The van der Waals surface area contributed by atoms with Gasteiger partial charge in [-0.15, -0.1) is 0 Å². The van der Waals surface area contributed by atoms with E-state index in [2.05, 4.69) is 22.5 Å². The zero-order valence-corrected chi connectivity index (χ0v) is 12.6. The molecule has 0 radical (unpaired) electrons. The standard InChI is InChI=1S/C13H20N4O2S/c1-3-14-11-7-10(17(18)19)8-12(16-11)15-9-13(2)5-4-6-20-13/h7-8H,3-6,9H2,1-2H3,(H2,14,15,16). The fraction of sp³-hybridized carbons (Fsp3) is 0.615. The predicted octanol–water partition coefficient (Wildman–Crippen LogP) is 3.12. The molecule has 1 unspecified atom stereocenters. The first-order chi connectivity index (χ1) is 9.52. The molecule has 2 N–H and O–H groups in total. The van der Waals surface area contributed by atoms with Gasteiger partial charge in [-0.25, -0.2) is 4.98 Å². The highest BCUT2D eigenvalue weighted by Gasteiger charge is 2.29. The third-order valence-electron chi connectivity index (χ3n) is 3.32. The molecule has 1 atom stereocenters. The molecular weight excluding hydrogens is 276 g/mol. The topological polar surface area (TPSA) is 80.1 Å². The monoisotopic (exact) mass is 296 g/mol. The van der Waals surface area contributed by atoms with Crippen LogP contribution in [-0.2, 0) is 0 Å². The van der Waals surface area contributed by atoms with Gasteiger partial charge in [-0.3, -0.25) is 10.1 Å². The third-order valence-corrected chi connectivity index (χ3v) is 4.86. The average Bonchev–Trinajstić information content (AvgIpc) is 2.84. The first-order valence-corrected chi connectivity index (χ1v) is 7.79. The lowest BCUT2D eigenvalue weighted by molar-refractivity contribution is -0.384. The summed E-state index contributed by atoms with van der Waals surface area (Å²) in [6.07, 6.45) is 2.40. The van der Waals surface area contributed by atoms with E-state index in [1.54, 1.807) is 0 Å². The number of thioether (sulfide) groups is 1. The van der Waals surface area contributed by atoms with Gasteiger partial charge < -0.3 is 10.6 Å². The van der Waals surface area contributed by atoms with Crippen LogP contribution in [-0.4, -0.2) is 33.5 Å². The van der Waals surface area contributed by atoms with Crippen molar-refractivity contribution in [2.45, 2.75) is 31.4 Å². The predicted molar refractivity (Wildman–Crippen MR) is 83.6 cm³/mol. The molecule has 1 aliphatic heterocycles. The van der Waals surface area contributed by atoms with Gasteiger partial charge in [0, 0.05) is 17.8 Å². The zero-order valence-electron chi connectivity index (χ0n) is 11.8. The number of nitrogens with zero attached hydrogens (tertiary/aromatic N) is 2. The van der Waals surface area contributed by atoms with Crippen molar-refractivity contribution < 1.29 is 4.92 Å². The highest BCUT2D eigenvalue weighted by molar-refractivity contribution is 8.00. The molecule has 2 rings (SSSR count). The van der Waals surface area contributed by atoms with Crippen LogP contribution in [0.5, 0.6) is 0 Å². The molecule has 1 aromatic rings. The van der Waals surface area contributed by atoms with E-state index in [4.69, 9.17) is 0 Å². The highest BCUT2D eigenvalue weighted by atomic mass is 32.2. The van der Waals surface area contributed by atoms with Crippen molar-refractivity contribution in [3.63, 3.8) is 0 Å². The summed E-state index contributed by atoms with van der Waals surface area (Å²) in [5.41, 5.74) is 0.0580. The SMILES string of the molecule is CCNc1cc([N+](=O)[O-])cc(NCC2(C)CCCS2)n1. The Morgan fingerprint density at radius 3 is 2.70 bits per heavy atom. The van der Waals surface area contributed by atoms with Crippen molar-refractivity contribution in [3.8, 4) is 0 Å². The van der Waals surface area contributed by atoms with E-state index in [1.165, 1.54) is 30.7 Å². The first kappa shape index (κ1) is 14.9. The maximum atomic E-state index is 11.0. The van der Waals surface area contributed by atoms with Crippen LogP contribution in [0, 0.1) is 10.1 Å². The van der Waals surface area contributed by atoms with E-state index in [0.29, 0.717) is 18.2 Å². The van der Waals surface area contributed by atoms with Gasteiger partial charge in [0.1, 0.15) is 11.6 Å². The number of hydrogen-bond acceptors (Lipinski definition) is 6. The normalized spacial score (nSPS) is 21.7. The summed E-state index contributed by atoms with van der Waals surface area (Å²) in [6.45, 7) is 5.61. The lowest BCUT2D eigenvalue weighted by Crippen LogP contribution is -2.27. The van der Waals surface area contributed by atoms with E-state index in [1.807, 2.05) is 18.7 Å². The number of anilines is 2. The van der Waals surface area contributed by atoms with Gasteiger partial charge in [0.25, 0.3) is 5.69 Å². The molecule has 1 fully saturated rings. The van der Waals surface area contributed by atoms with E-state index < -0.39 is 0 Å². The fourth-order valence-corrected chi connectivity index (χ4v) is 3.48. The highest BCUT2D eigenvalue weighted by Crippen LogP contribution is 2.37. The second kappa shape index (κ2) is 6.30. The Bertz CT molecular complexity index is 489. The quantitative estimate of drug-likeness (QED) is 0.620. The first-order valence-electron chi connectivity index (χ1n) is 6.80. The van der Waals surface area contributed by atoms with Crippen molar-refractivity contribution in [1.29, 1.82) is 0 Å². The second-order valence-corrected chi connectivity index (χ2v) is 6.82. The van der Waals surface area contributed by atoms with Crippen LogP contribution in [0.2, 0.25) is 0 Å². The number of aromatic nitrogens is 1. The summed E-state index contributed by atoms with van der Waals surface area (Å²) in [5, 5.41) is 17.2. The molecule has 0 saturated carbocycles. The Kier molecular flexibility index (Phi) is 4.69. The van der Waals surface area contributed by atoms with E-state index in [9.17, 15) is 10.1 Å². The minimum Gasteiger partial charge on any atom is -0.370 e. The fourth-order valence-electron chi connectivity index (χ4n) is 2.24. The van der Waals surface area contributed by atoms with E-state index >= 15 is 0 Å². The molecule has 0 amide bonds. The summed E-state index contributed by atoms with van der Waals surface area (Å²) in [7, 11) is 0. The summed E-state index contributed by atoms with van der Waals surface area (Å²) >= 11 is 1.95. The lowest BCUT2D eigenvalue weighted by Gasteiger charge is -2.23. The molecule has 1 saturated heterocycles. The molecule has 1 aromatic heterocycles. The largest absolute Gasteiger partial charge is 0.370 e. The number of rotatable bonds is 6. The second-order valence-electron chi connectivity index (χ2n) is 5.14. The average molecular weight is 296 g/mol. The smallest absolute Gasteiger partial charge is 0.276 e. The van der Waals surface area contributed by atoms with Crippen LogP contribution < -0.4 is 10.6 Å². The van der Waals surface area contributed by atoms with Crippen LogP contribution in [0.25, 0.3) is 0 Å². The van der Waals surface area contributed by atoms with Crippen LogP contribution >= 0.6 is 11.8 Å². The minimum atomic E-state index is -0.389. The maximum absolute atomic E-state index is 11.0. The Labute approximate surface area is 122 Å².